The minimum absolute atomic E-state index is 0.0478. The first kappa shape index (κ1) is 13.4. The van der Waals surface area contributed by atoms with Gasteiger partial charge in [-0.15, -0.1) is 0 Å². The molecular formula is C13H18N4O2S. The number of fused-ring (bicyclic) bond motifs is 1. The van der Waals surface area contributed by atoms with E-state index in [0.717, 1.165) is 6.42 Å². The van der Waals surface area contributed by atoms with Crippen molar-refractivity contribution in [2.45, 2.75) is 39.2 Å². The summed E-state index contributed by atoms with van der Waals surface area (Å²) in [6.07, 6.45) is 5.15. The molecule has 6 nitrogen and oxygen atoms in total. The molecule has 0 saturated heterocycles. The highest BCUT2D eigenvalue weighted by atomic mass is 32.1. The third-order valence-electron chi connectivity index (χ3n) is 4.44. The summed E-state index contributed by atoms with van der Waals surface area (Å²) in [5, 5.41) is 16.4. The van der Waals surface area contributed by atoms with E-state index < -0.39 is 0 Å². The number of hydrogen-bond donors (Lipinski definition) is 1. The molecule has 7 heteroatoms. The monoisotopic (exact) mass is 294 g/mol. The number of anilines is 1. The molecule has 2 aromatic rings. The second kappa shape index (κ2) is 5.05. The van der Waals surface area contributed by atoms with E-state index in [2.05, 4.69) is 24.1 Å². The van der Waals surface area contributed by atoms with Gasteiger partial charge in [-0.05, 0) is 23.2 Å². The molecular weight excluding hydrogens is 276 g/mol. The molecule has 2 heterocycles. The van der Waals surface area contributed by atoms with Gasteiger partial charge < -0.3 is 15.4 Å². The summed E-state index contributed by atoms with van der Waals surface area (Å²) in [5.74, 6) is 1.60. The Hall–Kier alpha value is -1.63. The molecule has 20 heavy (non-hydrogen) atoms. The van der Waals surface area contributed by atoms with E-state index in [0.29, 0.717) is 22.6 Å². The topological polar surface area (TPSA) is 72.5 Å². The predicted octanol–water partition coefficient (Wildman–Crippen LogP) is 3.54. The van der Waals surface area contributed by atoms with Gasteiger partial charge in [0.2, 0.25) is 5.82 Å². The maximum absolute atomic E-state index is 11.3. The van der Waals surface area contributed by atoms with Crippen molar-refractivity contribution in [1.29, 1.82) is 0 Å². The number of imidazole rings is 1. The maximum Gasteiger partial charge on any atom is 0.372 e. The second-order valence-corrected chi connectivity index (χ2v) is 6.49. The van der Waals surface area contributed by atoms with Crippen LogP contribution >= 0.6 is 11.3 Å². The first-order valence-electron chi connectivity index (χ1n) is 6.94. The number of thiazole rings is 1. The van der Waals surface area contributed by atoms with Crippen molar-refractivity contribution in [2.24, 2.45) is 11.8 Å². The highest BCUT2D eigenvalue weighted by Crippen LogP contribution is 2.34. The average molecular weight is 294 g/mol. The van der Waals surface area contributed by atoms with E-state index in [4.69, 9.17) is 0 Å². The zero-order valence-corrected chi connectivity index (χ0v) is 12.4. The Labute approximate surface area is 121 Å². The van der Waals surface area contributed by atoms with E-state index in [9.17, 15) is 10.1 Å². The maximum atomic E-state index is 11.3. The summed E-state index contributed by atoms with van der Waals surface area (Å²) in [4.78, 5) is 16.0. The lowest BCUT2D eigenvalue weighted by molar-refractivity contribution is -0.389. The molecule has 0 spiro atoms. The summed E-state index contributed by atoms with van der Waals surface area (Å²) in [5.41, 5.74) is 0. The number of nitro groups is 1. The summed E-state index contributed by atoms with van der Waals surface area (Å²) in [6.45, 7) is 4.46. The molecule has 0 aliphatic heterocycles. The Balaban J connectivity index is 1.92. The molecule has 0 amide bonds. The van der Waals surface area contributed by atoms with E-state index in [1.165, 1.54) is 24.2 Å². The van der Waals surface area contributed by atoms with Crippen LogP contribution in [0.4, 0.5) is 11.6 Å². The standard InChI is InChI=1S/C13H18N4O2S/c1-8-4-3-5-10(9(8)2)14-11-12(17(18)19)16-6-7-20-13(16)15-11/h6-10,14H,3-5H2,1-2H3. The van der Waals surface area contributed by atoms with Gasteiger partial charge >= 0.3 is 5.82 Å². The van der Waals surface area contributed by atoms with Crippen LogP contribution in [0.25, 0.3) is 4.96 Å². The van der Waals surface area contributed by atoms with Crippen LogP contribution in [0.1, 0.15) is 33.1 Å². The Bertz CT molecular complexity index is 635. The van der Waals surface area contributed by atoms with Gasteiger partial charge in [-0.3, -0.25) is 0 Å². The minimum Gasteiger partial charge on any atom is -0.360 e. The third-order valence-corrected chi connectivity index (χ3v) is 5.20. The van der Waals surface area contributed by atoms with Crippen molar-refractivity contribution in [1.82, 2.24) is 9.38 Å². The molecule has 3 unspecified atom stereocenters. The molecule has 1 fully saturated rings. The molecule has 1 saturated carbocycles. The van der Waals surface area contributed by atoms with Gasteiger partial charge in [0, 0.05) is 11.4 Å². The largest absolute Gasteiger partial charge is 0.372 e. The van der Waals surface area contributed by atoms with Crippen LogP contribution in [0, 0.1) is 22.0 Å². The van der Waals surface area contributed by atoms with Crippen LogP contribution in [0.5, 0.6) is 0 Å². The van der Waals surface area contributed by atoms with Crippen molar-refractivity contribution in [3.05, 3.63) is 21.7 Å². The summed E-state index contributed by atoms with van der Waals surface area (Å²) in [6, 6.07) is 0.266. The van der Waals surface area contributed by atoms with Gasteiger partial charge in [-0.1, -0.05) is 38.0 Å². The van der Waals surface area contributed by atoms with E-state index in [1.54, 1.807) is 10.6 Å². The summed E-state index contributed by atoms with van der Waals surface area (Å²) in [7, 11) is 0. The number of nitrogens with one attached hydrogen (secondary N) is 1. The zero-order chi connectivity index (χ0) is 14.3. The van der Waals surface area contributed by atoms with Crippen molar-refractivity contribution in [3.8, 4) is 0 Å². The Morgan fingerprint density at radius 2 is 2.30 bits per heavy atom. The fourth-order valence-corrected chi connectivity index (χ4v) is 3.72. The van der Waals surface area contributed by atoms with Crippen LogP contribution in [0.15, 0.2) is 11.6 Å². The van der Waals surface area contributed by atoms with E-state index in [-0.39, 0.29) is 16.8 Å². The second-order valence-electron chi connectivity index (χ2n) is 5.61. The van der Waals surface area contributed by atoms with Crippen LogP contribution in [-0.2, 0) is 0 Å². The zero-order valence-electron chi connectivity index (χ0n) is 11.6. The van der Waals surface area contributed by atoms with Gasteiger partial charge in [0.25, 0.3) is 4.96 Å². The van der Waals surface area contributed by atoms with Crippen LogP contribution in [-0.4, -0.2) is 20.3 Å². The molecule has 108 valence electrons. The molecule has 0 bridgehead atoms. The van der Waals surface area contributed by atoms with Crippen molar-refractivity contribution in [2.75, 3.05) is 5.32 Å². The summed E-state index contributed by atoms with van der Waals surface area (Å²) >= 11 is 1.41. The number of hydrogen-bond acceptors (Lipinski definition) is 5. The highest BCUT2D eigenvalue weighted by molar-refractivity contribution is 7.15. The fourth-order valence-electron chi connectivity index (χ4n) is 3.01. The molecule has 3 atom stereocenters. The lowest BCUT2D eigenvalue weighted by Gasteiger charge is -2.34. The number of rotatable bonds is 3. The fraction of sp³-hybridized carbons (Fsp3) is 0.615. The Kier molecular flexibility index (Phi) is 3.37. The van der Waals surface area contributed by atoms with E-state index >= 15 is 0 Å². The molecule has 0 aromatic carbocycles. The first-order valence-corrected chi connectivity index (χ1v) is 7.82. The molecule has 1 N–H and O–H groups in total. The lowest BCUT2D eigenvalue weighted by Crippen LogP contribution is -2.35. The highest BCUT2D eigenvalue weighted by Gasteiger charge is 2.31. The van der Waals surface area contributed by atoms with Crippen LogP contribution in [0.2, 0.25) is 0 Å². The Morgan fingerprint density at radius 1 is 1.50 bits per heavy atom. The molecule has 3 rings (SSSR count). The van der Waals surface area contributed by atoms with Crippen LogP contribution in [0.3, 0.4) is 0 Å². The molecule has 0 radical (unpaired) electrons. The quantitative estimate of drug-likeness (QED) is 0.694. The normalized spacial score (nSPS) is 26.8. The van der Waals surface area contributed by atoms with Gasteiger partial charge in [-0.2, -0.15) is 9.38 Å². The smallest absolute Gasteiger partial charge is 0.360 e. The third kappa shape index (κ3) is 2.15. The van der Waals surface area contributed by atoms with Gasteiger partial charge in [0.1, 0.15) is 6.20 Å². The SMILES string of the molecule is CC1CCCC(Nc2nc3sccn3c2[N+](=O)[O-])C1C. The van der Waals surface area contributed by atoms with Crippen molar-refractivity contribution >= 4 is 27.9 Å². The minimum atomic E-state index is -0.355. The van der Waals surface area contributed by atoms with Gasteiger partial charge in [0.15, 0.2) is 0 Å². The average Bonchev–Trinajstić information content (AvgIpc) is 2.94. The summed E-state index contributed by atoms with van der Waals surface area (Å²) < 4.78 is 1.55. The molecule has 1 aliphatic rings. The van der Waals surface area contributed by atoms with Crippen molar-refractivity contribution in [3.63, 3.8) is 0 Å². The van der Waals surface area contributed by atoms with Gasteiger partial charge in [0.05, 0.1) is 0 Å². The van der Waals surface area contributed by atoms with Crippen LogP contribution < -0.4 is 5.32 Å². The molecule has 2 aromatic heterocycles. The number of aromatic nitrogens is 2. The first-order chi connectivity index (χ1) is 9.58. The van der Waals surface area contributed by atoms with E-state index in [1.807, 2.05) is 5.38 Å². The lowest BCUT2D eigenvalue weighted by atomic mass is 9.78. The number of nitrogens with zero attached hydrogens (tertiary/aromatic N) is 3. The Morgan fingerprint density at radius 3 is 3.05 bits per heavy atom. The van der Waals surface area contributed by atoms with Crippen molar-refractivity contribution < 1.29 is 4.92 Å². The predicted molar refractivity (Wildman–Crippen MR) is 79.3 cm³/mol. The molecule has 1 aliphatic carbocycles. The van der Waals surface area contributed by atoms with Gasteiger partial charge in [-0.25, -0.2) is 0 Å².